The van der Waals surface area contributed by atoms with Crippen LogP contribution < -0.4 is 5.32 Å². The van der Waals surface area contributed by atoms with Gasteiger partial charge in [0.05, 0.1) is 11.8 Å². The van der Waals surface area contributed by atoms with Gasteiger partial charge >= 0.3 is 0 Å². The first kappa shape index (κ1) is 15.5. The molecule has 1 aromatic rings. The Kier molecular flexibility index (Phi) is 5.75. The maximum atomic E-state index is 11.9. The van der Waals surface area contributed by atoms with Crippen molar-refractivity contribution in [3.8, 4) is 0 Å². The van der Waals surface area contributed by atoms with E-state index in [0.717, 1.165) is 37.1 Å². The lowest BCUT2D eigenvalue weighted by molar-refractivity contribution is -0.117. The van der Waals surface area contributed by atoms with Crippen molar-refractivity contribution in [1.29, 1.82) is 0 Å². The fourth-order valence-electron chi connectivity index (χ4n) is 2.40. The van der Waals surface area contributed by atoms with Crippen molar-refractivity contribution in [3.63, 3.8) is 0 Å². The zero-order chi connectivity index (χ0) is 15.1. The molecule has 0 aromatic heterocycles. The highest BCUT2D eigenvalue weighted by atomic mass is 16.5. The lowest BCUT2D eigenvalue weighted by Gasteiger charge is -2.22. The minimum Gasteiger partial charge on any atom is -0.411 e. The van der Waals surface area contributed by atoms with Gasteiger partial charge in [0.2, 0.25) is 5.91 Å². The molecular formula is C16H22N2O3. The third-order valence-electron chi connectivity index (χ3n) is 3.70. The Morgan fingerprint density at radius 1 is 1.38 bits per heavy atom. The van der Waals surface area contributed by atoms with E-state index in [0.29, 0.717) is 12.1 Å². The van der Waals surface area contributed by atoms with Gasteiger partial charge in [0.1, 0.15) is 0 Å². The first-order valence-corrected chi connectivity index (χ1v) is 7.39. The standard InChI is InChI=1S/C16H22N2O3/c1-12(18-20)13-5-7-14(8-6-13)17-16(19)10-9-15-4-2-3-11-21-15/h5-8,15,20H,2-4,9-11H2,1H3,(H,17,19). The molecular weight excluding hydrogens is 268 g/mol. The van der Waals surface area contributed by atoms with Gasteiger partial charge in [0.15, 0.2) is 0 Å². The van der Waals surface area contributed by atoms with Gasteiger partial charge in [-0.15, -0.1) is 0 Å². The largest absolute Gasteiger partial charge is 0.411 e. The fraction of sp³-hybridized carbons (Fsp3) is 0.500. The molecule has 5 heteroatoms. The topological polar surface area (TPSA) is 70.9 Å². The molecule has 1 atom stereocenters. The Labute approximate surface area is 125 Å². The van der Waals surface area contributed by atoms with Crippen LogP contribution in [0.25, 0.3) is 0 Å². The number of hydrogen-bond donors (Lipinski definition) is 2. The number of hydrogen-bond acceptors (Lipinski definition) is 4. The number of nitrogens with zero attached hydrogens (tertiary/aromatic N) is 1. The monoisotopic (exact) mass is 290 g/mol. The van der Waals surface area contributed by atoms with Crippen LogP contribution in [-0.2, 0) is 9.53 Å². The van der Waals surface area contributed by atoms with Gasteiger partial charge in [-0.2, -0.15) is 0 Å². The molecule has 1 fully saturated rings. The second kappa shape index (κ2) is 7.78. The molecule has 1 heterocycles. The fourth-order valence-corrected chi connectivity index (χ4v) is 2.40. The van der Waals surface area contributed by atoms with Crippen molar-refractivity contribution in [2.75, 3.05) is 11.9 Å². The number of rotatable bonds is 5. The molecule has 114 valence electrons. The van der Waals surface area contributed by atoms with E-state index >= 15 is 0 Å². The maximum absolute atomic E-state index is 11.9. The van der Waals surface area contributed by atoms with Gasteiger partial charge in [-0.1, -0.05) is 17.3 Å². The quantitative estimate of drug-likeness (QED) is 0.497. The maximum Gasteiger partial charge on any atom is 0.224 e. The Bertz CT molecular complexity index is 491. The molecule has 0 bridgehead atoms. The third-order valence-corrected chi connectivity index (χ3v) is 3.70. The summed E-state index contributed by atoms with van der Waals surface area (Å²) in [6.07, 6.45) is 4.87. The second-order valence-corrected chi connectivity index (χ2v) is 5.34. The average molecular weight is 290 g/mol. The van der Waals surface area contributed by atoms with Crippen molar-refractivity contribution in [2.24, 2.45) is 5.16 Å². The van der Waals surface area contributed by atoms with Crippen molar-refractivity contribution < 1.29 is 14.7 Å². The minimum absolute atomic E-state index is 0.00414. The highest BCUT2D eigenvalue weighted by Gasteiger charge is 2.15. The summed E-state index contributed by atoms with van der Waals surface area (Å²) in [6.45, 7) is 2.54. The summed E-state index contributed by atoms with van der Waals surface area (Å²) >= 11 is 0. The molecule has 1 aliphatic heterocycles. The van der Waals surface area contributed by atoms with E-state index in [1.807, 2.05) is 12.1 Å². The number of amides is 1. The van der Waals surface area contributed by atoms with E-state index in [4.69, 9.17) is 9.94 Å². The van der Waals surface area contributed by atoms with E-state index in [1.165, 1.54) is 6.42 Å². The van der Waals surface area contributed by atoms with Crippen LogP contribution in [0.2, 0.25) is 0 Å². The molecule has 2 rings (SSSR count). The Morgan fingerprint density at radius 2 is 2.14 bits per heavy atom. The number of oxime groups is 1. The lowest BCUT2D eigenvalue weighted by Crippen LogP contribution is -2.21. The van der Waals surface area contributed by atoms with Gasteiger partial charge in [-0.3, -0.25) is 4.79 Å². The van der Waals surface area contributed by atoms with Gasteiger partial charge in [-0.05, 0) is 50.3 Å². The van der Waals surface area contributed by atoms with Crippen LogP contribution in [0.4, 0.5) is 5.69 Å². The number of ether oxygens (including phenoxy) is 1. The molecule has 2 N–H and O–H groups in total. The van der Waals surface area contributed by atoms with Gasteiger partial charge in [0, 0.05) is 18.7 Å². The van der Waals surface area contributed by atoms with Crippen LogP contribution in [-0.4, -0.2) is 29.5 Å². The average Bonchev–Trinajstić information content (AvgIpc) is 2.54. The molecule has 0 saturated carbocycles. The van der Waals surface area contributed by atoms with E-state index in [1.54, 1.807) is 19.1 Å². The van der Waals surface area contributed by atoms with E-state index in [-0.39, 0.29) is 12.0 Å². The predicted octanol–water partition coefficient (Wildman–Crippen LogP) is 3.17. The van der Waals surface area contributed by atoms with Gasteiger partial charge in [-0.25, -0.2) is 0 Å². The first-order chi connectivity index (χ1) is 10.2. The number of nitrogens with one attached hydrogen (secondary N) is 1. The molecule has 0 spiro atoms. The van der Waals surface area contributed by atoms with Crippen LogP contribution in [0.15, 0.2) is 29.4 Å². The Balaban J connectivity index is 1.79. The van der Waals surface area contributed by atoms with Crippen molar-refractivity contribution in [3.05, 3.63) is 29.8 Å². The molecule has 1 saturated heterocycles. The molecule has 1 aliphatic rings. The second-order valence-electron chi connectivity index (χ2n) is 5.34. The highest BCUT2D eigenvalue weighted by Crippen LogP contribution is 2.17. The first-order valence-electron chi connectivity index (χ1n) is 7.39. The van der Waals surface area contributed by atoms with Gasteiger partial charge < -0.3 is 15.3 Å². The predicted molar refractivity (Wildman–Crippen MR) is 81.9 cm³/mol. The lowest BCUT2D eigenvalue weighted by atomic mass is 10.0. The van der Waals surface area contributed by atoms with Crippen LogP contribution in [0.1, 0.15) is 44.6 Å². The highest BCUT2D eigenvalue weighted by molar-refractivity contribution is 5.99. The molecule has 1 unspecified atom stereocenters. The minimum atomic E-state index is 0.00414. The molecule has 1 aromatic carbocycles. The Hall–Kier alpha value is -1.88. The van der Waals surface area contributed by atoms with Crippen molar-refractivity contribution >= 4 is 17.3 Å². The molecule has 21 heavy (non-hydrogen) atoms. The Morgan fingerprint density at radius 3 is 2.76 bits per heavy atom. The van der Waals surface area contributed by atoms with Crippen LogP contribution >= 0.6 is 0 Å². The van der Waals surface area contributed by atoms with Crippen LogP contribution in [0, 0.1) is 0 Å². The number of carbonyl (C=O) groups excluding carboxylic acids is 1. The normalized spacial score (nSPS) is 19.3. The van der Waals surface area contributed by atoms with E-state index in [9.17, 15) is 4.79 Å². The molecule has 5 nitrogen and oxygen atoms in total. The third kappa shape index (κ3) is 4.86. The number of carbonyl (C=O) groups is 1. The van der Waals surface area contributed by atoms with Gasteiger partial charge in [0.25, 0.3) is 0 Å². The smallest absolute Gasteiger partial charge is 0.224 e. The summed E-state index contributed by atoms with van der Waals surface area (Å²) in [5, 5.41) is 14.7. The van der Waals surface area contributed by atoms with Crippen molar-refractivity contribution in [2.45, 2.75) is 45.1 Å². The van der Waals surface area contributed by atoms with E-state index in [2.05, 4.69) is 10.5 Å². The number of anilines is 1. The molecule has 1 amide bonds. The summed E-state index contributed by atoms with van der Waals surface area (Å²) in [5.74, 6) is 0.00414. The van der Waals surface area contributed by atoms with Crippen molar-refractivity contribution in [1.82, 2.24) is 0 Å². The zero-order valence-corrected chi connectivity index (χ0v) is 12.3. The van der Waals surface area contributed by atoms with Crippen LogP contribution in [0.5, 0.6) is 0 Å². The van der Waals surface area contributed by atoms with E-state index < -0.39 is 0 Å². The summed E-state index contributed by atoms with van der Waals surface area (Å²) in [4.78, 5) is 11.9. The zero-order valence-electron chi connectivity index (χ0n) is 12.3. The summed E-state index contributed by atoms with van der Waals surface area (Å²) in [5.41, 5.74) is 2.12. The molecule has 0 aliphatic carbocycles. The summed E-state index contributed by atoms with van der Waals surface area (Å²) in [7, 11) is 0. The molecule has 0 radical (unpaired) electrons. The van der Waals surface area contributed by atoms with Crippen LogP contribution in [0.3, 0.4) is 0 Å². The SMILES string of the molecule is CC(=NO)c1ccc(NC(=O)CCC2CCCCO2)cc1. The number of benzene rings is 1. The summed E-state index contributed by atoms with van der Waals surface area (Å²) in [6, 6.07) is 7.24. The summed E-state index contributed by atoms with van der Waals surface area (Å²) < 4.78 is 5.62.